The van der Waals surface area contributed by atoms with Gasteiger partial charge in [-0.05, 0) is 61.0 Å². The molecule has 1 N–H and O–H groups in total. The summed E-state index contributed by atoms with van der Waals surface area (Å²) in [4.78, 5) is 23.7. The van der Waals surface area contributed by atoms with E-state index in [1.165, 1.54) is 17.2 Å². The van der Waals surface area contributed by atoms with Crippen LogP contribution in [0, 0.1) is 11.3 Å². The largest absolute Gasteiger partial charge is 0.289 e. The minimum atomic E-state index is -0.255. The van der Waals surface area contributed by atoms with Crippen molar-refractivity contribution in [3.63, 3.8) is 0 Å². The van der Waals surface area contributed by atoms with Gasteiger partial charge in [-0.15, -0.1) is 0 Å². The van der Waals surface area contributed by atoms with E-state index in [0.29, 0.717) is 5.57 Å². The quantitative estimate of drug-likeness (QED) is 0.733. The first-order valence-corrected chi connectivity index (χ1v) is 10.8. The second-order valence-corrected chi connectivity index (χ2v) is 8.72. The monoisotopic (exact) mass is 387 g/mol. The first-order valence-electron chi connectivity index (χ1n) is 10.8. The summed E-state index contributed by atoms with van der Waals surface area (Å²) >= 11 is 0. The van der Waals surface area contributed by atoms with E-state index < -0.39 is 0 Å². The number of carbonyl (C=O) groups is 2. The average molecular weight is 388 g/mol. The molecule has 1 heterocycles. The molecule has 0 saturated heterocycles. The van der Waals surface area contributed by atoms with E-state index in [9.17, 15) is 9.59 Å². The topological polar surface area (TPSA) is 46.2 Å². The van der Waals surface area contributed by atoms with E-state index >= 15 is 0 Å². The van der Waals surface area contributed by atoms with Crippen molar-refractivity contribution in [2.24, 2.45) is 11.3 Å². The molecule has 1 aliphatic heterocycles. The van der Waals surface area contributed by atoms with Crippen molar-refractivity contribution in [2.45, 2.75) is 51.4 Å². The number of amides is 2. The SMILES string of the molecule is O=C1C=C(C2CCCC(Cc3ccccc3)(Cc3ccccc3)CCC2)C(=O)N1. The Morgan fingerprint density at radius 2 is 1.31 bits per heavy atom. The van der Waals surface area contributed by atoms with Crippen molar-refractivity contribution in [3.05, 3.63) is 83.4 Å². The van der Waals surface area contributed by atoms with Gasteiger partial charge in [-0.1, -0.05) is 73.5 Å². The lowest BCUT2D eigenvalue weighted by molar-refractivity contribution is -0.124. The third kappa shape index (κ3) is 4.84. The van der Waals surface area contributed by atoms with Crippen LogP contribution in [0.1, 0.15) is 49.7 Å². The van der Waals surface area contributed by atoms with E-state index in [4.69, 9.17) is 0 Å². The van der Waals surface area contributed by atoms with Crippen LogP contribution < -0.4 is 5.32 Å². The molecule has 1 aliphatic carbocycles. The Morgan fingerprint density at radius 3 is 1.76 bits per heavy atom. The Bertz CT molecular complexity index is 832. The van der Waals surface area contributed by atoms with Crippen molar-refractivity contribution < 1.29 is 9.59 Å². The summed E-state index contributed by atoms with van der Waals surface area (Å²) in [5.74, 6) is -0.220. The van der Waals surface area contributed by atoms with Gasteiger partial charge in [0, 0.05) is 11.6 Å². The van der Waals surface area contributed by atoms with Crippen LogP contribution in [-0.4, -0.2) is 11.8 Å². The zero-order valence-corrected chi connectivity index (χ0v) is 16.9. The fourth-order valence-corrected chi connectivity index (χ4v) is 5.23. The van der Waals surface area contributed by atoms with Crippen LogP contribution in [-0.2, 0) is 22.4 Å². The lowest BCUT2D eigenvalue weighted by Crippen LogP contribution is -2.30. The molecule has 2 aliphatic rings. The number of benzene rings is 2. The van der Waals surface area contributed by atoms with E-state index in [2.05, 4.69) is 66.0 Å². The lowest BCUT2D eigenvalue weighted by Gasteiger charge is -2.37. The number of imide groups is 1. The zero-order chi connectivity index (χ0) is 20.1. The molecule has 0 bridgehead atoms. The van der Waals surface area contributed by atoms with Crippen LogP contribution in [0.2, 0.25) is 0 Å². The maximum atomic E-state index is 12.1. The third-order valence-electron chi connectivity index (χ3n) is 6.59. The lowest BCUT2D eigenvalue weighted by atomic mass is 9.67. The number of carbonyl (C=O) groups excluding carboxylic acids is 2. The Kier molecular flexibility index (Phi) is 5.94. The molecular formula is C26H29NO2. The first kappa shape index (κ1) is 19.6. The summed E-state index contributed by atoms with van der Waals surface area (Å²) < 4.78 is 0. The van der Waals surface area contributed by atoms with E-state index in [1.54, 1.807) is 0 Å². The van der Waals surface area contributed by atoms with Gasteiger partial charge in [0.05, 0.1) is 0 Å². The van der Waals surface area contributed by atoms with Crippen molar-refractivity contribution in [3.8, 4) is 0 Å². The van der Waals surface area contributed by atoms with Crippen LogP contribution in [0.15, 0.2) is 72.3 Å². The second-order valence-electron chi connectivity index (χ2n) is 8.72. The summed E-state index contributed by atoms with van der Waals surface area (Å²) in [6.07, 6.45) is 10.1. The van der Waals surface area contributed by atoms with Crippen molar-refractivity contribution in [2.75, 3.05) is 0 Å². The molecule has 2 aromatic carbocycles. The maximum Gasteiger partial charge on any atom is 0.254 e. The van der Waals surface area contributed by atoms with Gasteiger partial charge in [0.1, 0.15) is 0 Å². The molecule has 1 fully saturated rings. The molecule has 3 nitrogen and oxygen atoms in total. The molecule has 4 rings (SSSR count). The number of hydrogen-bond acceptors (Lipinski definition) is 2. The van der Waals surface area contributed by atoms with Gasteiger partial charge in [0.2, 0.25) is 0 Å². The molecule has 0 aromatic heterocycles. The number of nitrogens with one attached hydrogen (secondary N) is 1. The van der Waals surface area contributed by atoms with E-state index in [-0.39, 0.29) is 23.1 Å². The highest BCUT2D eigenvalue weighted by Gasteiger charge is 2.34. The number of rotatable bonds is 5. The molecule has 2 aromatic rings. The molecular weight excluding hydrogens is 358 g/mol. The summed E-state index contributed by atoms with van der Waals surface area (Å²) in [7, 11) is 0. The average Bonchev–Trinajstić information content (AvgIpc) is 3.04. The Morgan fingerprint density at radius 1 is 0.793 bits per heavy atom. The van der Waals surface area contributed by atoms with Gasteiger partial charge >= 0.3 is 0 Å². The highest BCUT2D eigenvalue weighted by molar-refractivity contribution is 6.16. The molecule has 150 valence electrons. The fourth-order valence-electron chi connectivity index (χ4n) is 5.23. The minimum Gasteiger partial charge on any atom is -0.289 e. The molecule has 29 heavy (non-hydrogen) atoms. The normalized spacial score (nSPS) is 19.9. The van der Waals surface area contributed by atoms with E-state index in [0.717, 1.165) is 51.4 Å². The Labute approximate surface area is 173 Å². The summed E-state index contributed by atoms with van der Waals surface area (Å²) in [6, 6.07) is 21.7. The molecule has 0 unspecified atom stereocenters. The van der Waals surface area contributed by atoms with Crippen LogP contribution in [0.5, 0.6) is 0 Å². The predicted octanol–water partition coefficient (Wildman–Crippen LogP) is 5.01. The Balaban J connectivity index is 1.52. The van der Waals surface area contributed by atoms with Gasteiger partial charge in [-0.2, -0.15) is 0 Å². The van der Waals surface area contributed by atoms with Gasteiger partial charge in [0.15, 0.2) is 0 Å². The van der Waals surface area contributed by atoms with Crippen LogP contribution in [0.3, 0.4) is 0 Å². The van der Waals surface area contributed by atoms with Gasteiger partial charge < -0.3 is 0 Å². The summed E-state index contributed by atoms with van der Waals surface area (Å²) in [6.45, 7) is 0. The summed E-state index contributed by atoms with van der Waals surface area (Å²) in [5, 5.41) is 2.41. The first-order chi connectivity index (χ1) is 14.1. The smallest absolute Gasteiger partial charge is 0.254 e. The maximum absolute atomic E-state index is 12.1. The highest BCUT2D eigenvalue weighted by Crippen LogP contribution is 2.42. The molecule has 3 heteroatoms. The number of hydrogen-bond donors (Lipinski definition) is 1. The van der Waals surface area contributed by atoms with Crippen molar-refractivity contribution in [1.82, 2.24) is 5.32 Å². The highest BCUT2D eigenvalue weighted by atomic mass is 16.2. The van der Waals surface area contributed by atoms with Gasteiger partial charge in [-0.25, -0.2) is 0 Å². The fraction of sp³-hybridized carbons (Fsp3) is 0.385. The molecule has 0 radical (unpaired) electrons. The van der Waals surface area contributed by atoms with Crippen LogP contribution in [0.25, 0.3) is 0 Å². The molecule has 0 atom stereocenters. The predicted molar refractivity (Wildman–Crippen MR) is 115 cm³/mol. The second kappa shape index (κ2) is 8.77. The van der Waals surface area contributed by atoms with Gasteiger partial charge in [0.25, 0.3) is 11.8 Å². The molecule has 1 saturated carbocycles. The van der Waals surface area contributed by atoms with Gasteiger partial charge in [-0.3, -0.25) is 14.9 Å². The van der Waals surface area contributed by atoms with Crippen LogP contribution >= 0.6 is 0 Å². The van der Waals surface area contributed by atoms with Crippen molar-refractivity contribution >= 4 is 11.8 Å². The minimum absolute atomic E-state index is 0.180. The standard InChI is InChI=1S/C26H29NO2/c28-24-17-23(25(29)27-24)22-13-7-15-26(16-8-14-22,18-20-9-3-1-4-10-20)19-21-11-5-2-6-12-21/h1-6,9-12,17,22H,7-8,13-16,18-19H2,(H,27,28,29). The third-order valence-corrected chi connectivity index (χ3v) is 6.59. The molecule has 2 amide bonds. The molecule has 0 spiro atoms. The Hall–Kier alpha value is -2.68. The van der Waals surface area contributed by atoms with Crippen LogP contribution in [0.4, 0.5) is 0 Å². The summed E-state index contributed by atoms with van der Waals surface area (Å²) in [5.41, 5.74) is 3.76. The zero-order valence-electron chi connectivity index (χ0n) is 16.9. The van der Waals surface area contributed by atoms with Crippen molar-refractivity contribution in [1.29, 1.82) is 0 Å². The van der Waals surface area contributed by atoms with E-state index in [1.807, 2.05) is 0 Å².